The lowest BCUT2D eigenvalue weighted by molar-refractivity contribution is 0.162. The second kappa shape index (κ2) is 9.15. The third-order valence-electron chi connectivity index (χ3n) is 6.10. The van der Waals surface area contributed by atoms with Gasteiger partial charge in [-0.3, -0.25) is 4.79 Å². The minimum atomic E-state index is -0.222. The quantitative estimate of drug-likeness (QED) is 0.512. The Morgan fingerprint density at radius 1 is 1.13 bits per heavy atom. The van der Waals surface area contributed by atoms with E-state index in [1.54, 1.807) is 12.1 Å². The summed E-state index contributed by atoms with van der Waals surface area (Å²) in [6.45, 7) is 4.30. The molecule has 2 amide bonds. The molecule has 0 atom stereocenters. The molecule has 6 heteroatoms. The van der Waals surface area contributed by atoms with E-state index in [1.165, 1.54) is 6.42 Å². The molecule has 1 saturated carbocycles. The number of carbonyl (C=O) groups is 1. The fourth-order valence-electron chi connectivity index (χ4n) is 4.54. The number of urea groups is 1. The SMILES string of the molecule is Cc1cc(C)c2[nH]c(=O)c(CN(C(=O)Nc3ccccc3Cl)C3CCCCC3)cc2c1. The number of nitrogens with one attached hydrogen (secondary N) is 2. The number of aryl methyl sites for hydroxylation is 2. The molecule has 0 saturated heterocycles. The molecule has 5 nitrogen and oxygen atoms in total. The summed E-state index contributed by atoms with van der Waals surface area (Å²) in [5.74, 6) is 0. The highest BCUT2D eigenvalue weighted by Crippen LogP contribution is 2.27. The standard InChI is InChI=1S/C25H28ClN3O2/c1-16-12-17(2)23-18(13-16)14-19(24(30)28-23)15-29(20-8-4-3-5-9-20)25(31)27-22-11-7-6-10-21(22)26/h6-7,10-14,20H,3-5,8-9,15H2,1-2H3,(H,27,31)(H,28,30). The van der Waals surface area contributed by atoms with Crippen molar-refractivity contribution in [2.24, 2.45) is 0 Å². The van der Waals surface area contributed by atoms with E-state index in [0.29, 0.717) is 16.3 Å². The summed E-state index contributed by atoms with van der Waals surface area (Å²) in [7, 11) is 0. The van der Waals surface area contributed by atoms with Crippen molar-refractivity contribution in [2.45, 2.75) is 58.5 Å². The van der Waals surface area contributed by atoms with Gasteiger partial charge >= 0.3 is 6.03 Å². The molecule has 0 spiro atoms. The molecule has 0 unspecified atom stereocenters. The number of H-pyrrole nitrogens is 1. The first-order chi connectivity index (χ1) is 14.9. The number of para-hydroxylation sites is 1. The number of benzene rings is 2. The maximum Gasteiger partial charge on any atom is 0.322 e. The van der Waals surface area contributed by atoms with Gasteiger partial charge < -0.3 is 15.2 Å². The van der Waals surface area contributed by atoms with Gasteiger partial charge in [-0.05, 0) is 61.9 Å². The van der Waals surface area contributed by atoms with Crippen LogP contribution in [0.15, 0.2) is 47.3 Å². The van der Waals surface area contributed by atoms with E-state index >= 15 is 0 Å². The third kappa shape index (κ3) is 4.77. The number of aromatic nitrogens is 1. The molecular weight excluding hydrogens is 410 g/mol. The number of carbonyl (C=O) groups excluding carboxylic acids is 1. The number of rotatable bonds is 4. The summed E-state index contributed by atoms with van der Waals surface area (Å²) in [4.78, 5) is 31.0. The van der Waals surface area contributed by atoms with Gasteiger partial charge in [0, 0.05) is 11.6 Å². The Hall–Kier alpha value is -2.79. The van der Waals surface area contributed by atoms with Crippen molar-refractivity contribution in [3.05, 3.63) is 74.5 Å². The molecule has 2 N–H and O–H groups in total. The van der Waals surface area contributed by atoms with Crippen molar-refractivity contribution < 1.29 is 4.79 Å². The number of aromatic amines is 1. The molecule has 162 valence electrons. The highest BCUT2D eigenvalue weighted by Gasteiger charge is 2.27. The Morgan fingerprint density at radius 3 is 2.61 bits per heavy atom. The predicted molar refractivity (Wildman–Crippen MR) is 127 cm³/mol. The van der Waals surface area contributed by atoms with Gasteiger partial charge in [-0.25, -0.2) is 4.79 Å². The summed E-state index contributed by atoms with van der Waals surface area (Å²) in [5, 5.41) is 4.43. The van der Waals surface area contributed by atoms with Crippen LogP contribution in [0.5, 0.6) is 0 Å². The van der Waals surface area contributed by atoms with Crippen LogP contribution in [-0.2, 0) is 6.54 Å². The Morgan fingerprint density at radius 2 is 1.87 bits per heavy atom. The van der Waals surface area contributed by atoms with Gasteiger partial charge in [0.1, 0.15) is 0 Å². The molecule has 1 fully saturated rings. The Balaban J connectivity index is 1.67. The number of hydrogen-bond acceptors (Lipinski definition) is 2. The molecule has 0 bridgehead atoms. The predicted octanol–water partition coefficient (Wildman–Crippen LogP) is 6.17. The summed E-state index contributed by atoms with van der Waals surface area (Å²) >= 11 is 6.25. The molecule has 31 heavy (non-hydrogen) atoms. The van der Waals surface area contributed by atoms with Gasteiger partial charge in [-0.2, -0.15) is 0 Å². The highest BCUT2D eigenvalue weighted by molar-refractivity contribution is 6.33. The van der Waals surface area contributed by atoms with Crippen molar-refractivity contribution >= 4 is 34.2 Å². The number of anilines is 1. The van der Waals surface area contributed by atoms with Crippen LogP contribution in [0.1, 0.15) is 48.8 Å². The van der Waals surface area contributed by atoms with Gasteiger partial charge in [-0.1, -0.05) is 54.6 Å². The monoisotopic (exact) mass is 437 g/mol. The highest BCUT2D eigenvalue weighted by atomic mass is 35.5. The smallest absolute Gasteiger partial charge is 0.321 e. The van der Waals surface area contributed by atoms with Crippen LogP contribution in [0.25, 0.3) is 10.9 Å². The molecule has 1 aromatic heterocycles. The van der Waals surface area contributed by atoms with Crippen LogP contribution in [0.4, 0.5) is 10.5 Å². The second-order valence-corrected chi connectivity index (χ2v) is 8.91. The van der Waals surface area contributed by atoms with E-state index in [9.17, 15) is 9.59 Å². The fourth-order valence-corrected chi connectivity index (χ4v) is 4.73. The van der Waals surface area contributed by atoms with Crippen molar-refractivity contribution in [3.8, 4) is 0 Å². The molecule has 3 aromatic rings. The topological polar surface area (TPSA) is 65.2 Å². The van der Waals surface area contributed by atoms with Crippen molar-refractivity contribution in [3.63, 3.8) is 0 Å². The summed E-state index contributed by atoms with van der Waals surface area (Å²) in [6, 6.07) is 13.1. The van der Waals surface area contributed by atoms with Crippen molar-refractivity contribution in [1.29, 1.82) is 0 Å². The Labute approximate surface area is 187 Å². The first-order valence-corrected chi connectivity index (χ1v) is 11.3. The van der Waals surface area contributed by atoms with E-state index < -0.39 is 0 Å². The van der Waals surface area contributed by atoms with Crippen LogP contribution in [0.2, 0.25) is 5.02 Å². The summed E-state index contributed by atoms with van der Waals surface area (Å²) < 4.78 is 0. The molecular formula is C25H28ClN3O2. The van der Waals surface area contributed by atoms with E-state index in [4.69, 9.17) is 11.6 Å². The van der Waals surface area contributed by atoms with Gasteiger partial charge in [0.2, 0.25) is 0 Å². The number of halogens is 1. The van der Waals surface area contributed by atoms with Gasteiger partial charge in [0.05, 0.1) is 22.8 Å². The lowest BCUT2D eigenvalue weighted by Crippen LogP contribution is -2.44. The van der Waals surface area contributed by atoms with Crippen LogP contribution >= 0.6 is 11.6 Å². The Kier molecular flexibility index (Phi) is 6.33. The van der Waals surface area contributed by atoms with Gasteiger partial charge in [-0.15, -0.1) is 0 Å². The maximum absolute atomic E-state index is 13.3. The van der Waals surface area contributed by atoms with Crippen LogP contribution in [0.3, 0.4) is 0 Å². The zero-order valence-electron chi connectivity index (χ0n) is 18.0. The van der Waals surface area contributed by atoms with Crippen molar-refractivity contribution in [2.75, 3.05) is 5.32 Å². The molecule has 1 heterocycles. The van der Waals surface area contributed by atoms with Gasteiger partial charge in [0.15, 0.2) is 0 Å². The minimum absolute atomic E-state index is 0.102. The maximum atomic E-state index is 13.3. The summed E-state index contributed by atoms with van der Waals surface area (Å²) in [5.41, 5.74) is 4.06. The zero-order chi connectivity index (χ0) is 22.0. The van der Waals surface area contributed by atoms with Crippen molar-refractivity contribution in [1.82, 2.24) is 9.88 Å². The molecule has 4 rings (SSSR count). The first kappa shape index (κ1) is 21.4. The normalized spacial score (nSPS) is 14.5. The second-order valence-electron chi connectivity index (χ2n) is 8.50. The van der Waals surface area contributed by atoms with E-state index in [0.717, 1.165) is 47.7 Å². The molecule has 0 aliphatic heterocycles. The average Bonchev–Trinajstić information content (AvgIpc) is 2.75. The van der Waals surface area contributed by atoms with Crippen LogP contribution in [-0.4, -0.2) is 22.0 Å². The summed E-state index contributed by atoms with van der Waals surface area (Å²) in [6.07, 6.45) is 5.25. The first-order valence-electron chi connectivity index (χ1n) is 10.9. The number of hydrogen-bond donors (Lipinski definition) is 2. The zero-order valence-corrected chi connectivity index (χ0v) is 18.8. The minimum Gasteiger partial charge on any atom is -0.321 e. The fraction of sp³-hybridized carbons (Fsp3) is 0.360. The average molecular weight is 438 g/mol. The molecule has 1 aliphatic carbocycles. The third-order valence-corrected chi connectivity index (χ3v) is 6.43. The lowest BCUT2D eigenvalue weighted by atomic mass is 9.94. The molecule has 2 aromatic carbocycles. The molecule has 1 aliphatic rings. The molecule has 0 radical (unpaired) electrons. The number of fused-ring (bicyclic) bond motifs is 1. The van der Waals surface area contributed by atoms with E-state index in [1.807, 2.05) is 36.9 Å². The lowest BCUT2D eigenvalue weighted by Gasteiger charge is -2.34. The number of pyridine rings is 1. The van der Waals surface area contributed by atoms with E-state index in [2.05, 4.69) is 22.4 Å². The largest absolute Gasteiger partial charge is 0.322 e. The van der Waals surface area contributed by atoms with Crippen LogP contribution in [0, 0.1) is 13.8 Å². The van der Waals surface area contributed by atoms with E-state index in [-0.39, 0.29) is 24.2 Å². The number of amides is 2. The van der Waals surface area contributed by atoms with Gasteiger partial charge in [0.25, 0.3) is 5.56 Å². The number of nitrogens with zero attached hydrogens (tertiary/aromatic N) is 1. The van der Waals surface area contributed by atoms with Crippen LogP contribution < -0.4 is 10.9 Å². The Bertz CT molecular complexity index is 1170.